The molecule has 0 spiro atoms. The monoisotopic (exact) mass is 521 g/mol. The summed E-state index contributed by atoms with van der Waals surface area (Å²) in [5, 5.41) is 3.05. The lowest BCUT2D eigenvalue weighted by atomic mass is 9.94. The first-order valence-corrected chi connectivity index (χ1v) is 16.1. The van der Waals surface area contributed by atoms with Crippen LogP contribution >= 0.6 is 0 Å². The van der Waals surface area contributed by atoms with Crippen molar-refractivity contribution >= 4 is 11.9 Å². The van der Waals surface area contributed by atoms with E-state index in [2.05, 4.69) is 44.8 Å². The maximum atomic E-state index is 13.4. The highest BCUT2D eigenvalue weighted by Gasteiger charge is 2.47. The quantitative estimate of drug-likeness (QED) is 0.102. The fourth-order valence-corrected chi connectivity index (χ4v) is 5.42. The summed E-state index contributed by atoms with van der Waals surface area (Å²) in [6.07, 6.45) is 21.9. The summed E-state index contributed by atoms with van der Waals surface area (Å²) in [6, 6.07) is -0.201. The molecule has 0 aromatic carbocycles. The molecule has 3 amide bonds. The summed E-state index contributed by atoms with van der Waals surface area (Å²) in [6.45, 7) is 15.7. The van der Waals surface area contributed by atoms with Crippen LogP contribution in [0.5, 0.6) is 0 Å². The molecule has 1 unspecified atom stereocenters. The van der Waals surface area contributed by atoms with Crippen molar-refractivity contribution in [2.24, 2.45) is 11.8 Å². The average Bonchev–Trinajstić information content (AvgIpc) is 3.04. The number of hydrogen-bond donors (Lipinski definition) is 1. The molecule has 218 valence electrons. The van der Waals surface area contributed by atoms with E-state index in [4.69, 9.17) is 0 Å². The Hall–Kier alpha value is -1.10. The summed E-state index contributed by atoms with van der Waals surface area (Å²) >= 11 is 0. The number of nitrogens with one attached hydrogen (secondary N) is 1. The van der Waals surface area contributed by atoms with E-state index >= 15 is 0 Å². The van der Waals surface area contributed by atoms with Gasteiger partial charge in [0.2, 0.25) is 0 Å². The average molecular weight is 522 g/mol. The van der Waals surface area contributed by atoms with Gasteiger partial charge >= 0.3 is 6.03 Å². The zero-order chi connectivity index (χ0) is 27.5. The fourth-order valence-electron chi connectivity index (χ4n) is 5.42. The van der Waals surface area contributed by atoms with Gasteiger partial charge in [-0.05, 0) is 51.1 Å². The molecule has 0 bridgehead atoms. The molecule has 1 atom stereocenters. The zero-order valence-electron chi connectivity index (χ0n) is 25.7. The van der Waals surface area contributed by atoms with Crippen molar-refractivity contribution in [1.82, 2.24) is 15.1 Å². The lowest BCUT2D eigenvalue weighted by molar-refractivity contribution is -0.132. The SMILES string of the molecule is CCCCCCCCCCCC1(C)NC(=O)N(CN(CCCCCC(C)C)CCCCCC(C)C)C1=O. The molecule has 0 aliphatic carbocycles. The maximum Gasteiger partial charge on any atom is 0.326 e. The van der Waals surface area contributed by atoms with E-state index < -0.39 is 5.54 Å². The van der Waals surface area contributed by atoms with E-state index in [0.717, 1.165) is 57.0 Å². The number of amides is 3. The summed E-state index contributed by atoms with van der Waals surface area (Å²) in [4.78, 5) is 30.1. The number of hydrogen-bond acceptors (Lipinski definition) is 3. The molecular formula is C32H63N3O2. The molecule has 1 saturated heterocycles. The lowest BCUT2D eigenvalue weighted by Gasteiger charge is -2.27. The van der Waals surface area contributed by atoms with Crippen molar-refractivity contribution in [3.63, 3.8) is 0 Å². The third-order valence-corrected chi connectivity index (χ3v) is 7.98. The smallest absolute Gasteiger partial charge is 0.323 e. The van der Waals surface area contributed by atoms with Crippen molar-refractivity contribution < 1.29 is 9.59 Å². The standard InChI is InChI=1S/C32H63N3O2/c1-7-8-9-10-11-12-13-14-19-24-32(6)30(36)35(31(37)33-32)27-34(25-20-15-17-22-28(2)3)26-21-16-18-23-29(4)5/h28-29H,7-27H2,1-6H3,(H,33,37). The molecule has 37 heavy (non-hydrogen) atoms. The molecule has 5 heteroatoms. The van der Waals surface area contributed by atoms with Crippen LogP contribution in [0.2, 0.25) is 0 Å². The predicted octanol–water partition coefficient (Wildman–Crippen LogP) is 8.91. The van der Waals surface area contributed by atoms with E-state index in [-0.39, 0.29) is 11.9 Å². The Morgan fingerprint density at radius 2 is 1.16 bits per heavy atom. The minimum atomic E-state index is -0.738. The molecular weight excluding hydrogens is 458 g/mol. The Morgan fingerprint density at radius 3 is 1.65 bits per heavy atom. The van der Waals surface area contributed by atoms with Gasteiger partial charge in [0, 0.05) is 0 Å². The Balaban J connectivity index is 2.49. The number of unbranched alkanes of at least 4 members (excludes halogenated alkanes) is 12. The molecule has 1 N–H and O–H groups in total. The Labute approximate surface area is 230 Å². The first kappa shape index (κ1) is 33.9. The molecule has 1 heterocycles. The summed E-state index contributed by atoms with van der Waals surface area (Å²) < 4.78 is 0. The third kappa shape index (κ3) is 15.2. The van der Waals surface area contributed by atoms with E-state index in [1.807, 2.05) is 6.92 Å². The third-order valence-electron chi connectivity index (χ3n) is 7.98. The van der Waals surface area contributed by atoms with Gasteiger partial charge in [-0.1, -0.05) is 131 Å². The number of nitrogens with zero attached hydrogens (tertiary/aromatic N) is 2. The van der Waals surface area contributed by atoms with Crippen LogP contribution < -0.4 is 5.32 Å². The van der Waals surface area contributed by atoms with Gasteiger partial charge in [-0.15, -0.1) is 0 Å². The van der Waals surface area contributed by atoms with Gasteiger partial charge in [0.25, 0.3) is 5.91 Å². The summed E-state index contributed by atoms with van der Waals surface area (Å²) in [5.74, 6) is 1.49. The van der Waals surface area contributed by atoms with Crippen LogP contribution in [-0.4, -0.2) is 47.0 Å². The summed E-state index contributed by atoms with van der Waals surface area (Å²) in [7, 11) is 0. The second kappa shape index (κ2) is 19.9. The molecule has 1 aliphatic heterocycles. The van der Waals surface area contributed by atoms with Gasteiger partial charge in [-0.3, -0.25) is 9.69 Å². The van der Waals surface area contributed by atoms with Crippen LogP contribution in [0, 0.1) is 11.8 Å². The highest BCUT2D eigenvalue weighted by atomic mass is 16.2. The van der Waals surface area contributed by atoms with Crippen molar-refractivity contribution in [3.8, 4) is 0 Å². The van der Waals surface area contributed by atoms with Crippen LogP contribution in [0.15, 0.2) is 0 Å². The molecule has 1 rings (SSSR count). The Bertz CT molecular complexity index is 589. The molecule has 0 aromatic heterocycles. The topological polar surface area (TPSA) is 52.7 Å². The van der Waals surface area contributed by atoms with Gasteiger partial charge < -0.3 is 5.32 Å². The molecule has 1 aliphatic rings. The molecule has 0 aromatic rings. The van der Waals surface area contributed by atoms with Gasteiger partial charge in [-0.2, -0.15) is 0 Å². The van der Waals surface area contributed by atoms with Crippen LogP contribution in [-0.2, 0) is 4.79 Å². The molecule has 0 saturated carbocycles. The van der Waals surface area contributed by atoms with E-state index in [0.29, 0.717) is 6.67 Å². The number of carbonyl (C=O) groups excluding carboxylic acids is 2. The number of urea groups is 1. The summed E-state index contributed by atoms with van der Waals surface area (Å²) in [5.41, 5.74) is -0.738. The number of imide groups is 1. The highest BCUT2D eigenvalue weighted by Crippen LogP contribution is 2.25. The first-order chi connectivity index (χ1) is 17.7. The van der Waals surface area contributed by atoms with Crippen molar-refractivity contribution in [3.05, 3.63) is 0 Å². The van der Waals surface area contributed by atoms with E-state index in [1.165, 1.54) is 88.4 Å². The van der Waals surface area contributed by atoms with Gasteiger partial charge in [0.15, 0.2) is 0 Å². The van der Waals surface area contributed by atoms with Crippen molar-refractivity contribution in [1.29, 1.82) is 0 Å². The molecule has 1 fully saturated rings. The molecule has 0 radical (unpaired) electrons. The zero-order valence-corrected chi connectivity index (χ0v) is 25.7. The maximum absolute atomic E-state index is 13.4. The van der Waals surface area contributed by atoms with Crippen LogP contribution in [0.4, 0.5) is 4.79 Å². The van der Waals surface area contributed by atoms with Gasteiger partial charge in [0.05, 0.1) is 6.67 Å². The van der Waals surface area contributed by atoms with E-state index in [9.17, 15) is 9.59 Å². The minimum absolute atomic E-state index is 0.0262. The van der Waals surface area contributed by atoms with Crippen LogP contribution in [0.3, 0.4) is 0 Å². The van der Waals surface area contributed by atoms with Crippen LogP contribution in [0.1, 0.15) is 157 Å². The number of carbonyl (C=O) groups is 2. The van der Waals surface area contributed by atoms with Crippen LogP contribution in [0.25, 0.3) is 0 Å². The normalized spacial score (nSPS) is 18.1. The lowest BCUT2D eigenvalue weighted by Crippen LogP contribution is -2.45. The first-order valence-electron chi connectivity index (χ1n) is 16.1. The van der Waals surface area contributed by atoms with Gasteiger partial charge in [-0.25, -0.2) is 9.69 Å². The predicted molar refractivity (Wildman–Crippen MR) is 159 cm³/mol. The largest absolute Gasteiger partial charge is 0.326 e. The Morgan fingerprint density at radius 1 is 0.703 bits per heavy atom. The fraction of sp³-hybridized carbons (Fsp3) is 0.938. The van der Waals surface area contributed by atoms with Crippen molar-refractivity contribution in [2.45, 2.75) is 163 Å². The molecule has 5 nitrogen and oxygen atoms in total. The minimum Gasteiger partial charge on any atom is -0.323 e. The van der Waals surface area contributed by atoms with E-state index in [1.54, 1.807) is 0 Å². The second-order valence-electron chi connectivity index (χ2n) is 12.8. The highest BCUT2D eigenvalue weighted by molar-refractivity contribution is 6.06. The van der Waals surface area contributed by atoms with Crippen molar-refractivity contribution in [2.75, 3.05) is 19.8 Å². The Kier molecular flexibility index (Phi) is 18.2. The number of rotatable bonds is 24. The second-order valence-corrected chi connectivity index (χ2v) is 12.8. The van der Waals surface area contributed by atoms with Gasteiger partial charge in [0.1, 0.15) is 5.54 Å².